The van der Waals surface area contributed by atoms with Crippen LogP contribution in [0.15, 0.2) is 0 Å². The van der Waals surface area contributed by atoms with E-state index in [1.165, 1.54) is 32.1 Å². The van der Waals surface area contributed by atoms with Gasteiger partial charge in [0.05, 0.1) is 12.0 Å². The fraction of sp³-hybridized carbons (Fsp3) is 0.944. The molecule has 0 aromatic rings. The highest BCUT2D eigenvalue weighted by atomic mass is 16.5. The zero-order chi connectivity index (χ0) is 15.6. The summed E-state index contributed by atoms with van der Waals surface area (Å²) in [5, 5.41) is 0. The molecule has 1 rings (SSSR count). The van der Waals surface area contributed by atoms with Crippen molar-refractivity contribution in [3.8, 4) is 0 Å². The molecular formula is C18H34O2. The van der Waals surface area contributed by atoms with Crippen molar-refractivity contribution >= 4 is 5.97 Å². The fourth-order valence-corrected chi connectivity index (χ4v) is 2.92. The van der Waals surface area contributed by atoms with Crippen molar-refractivity contribution in [2.45, 2.75) is 80.6 Å². The largest absolute Gasteiger partial charge is 0.465 e. The molecule has 1 aliphatic carbocycles. The minimum atomic E-state index is -0.472. The first-order valence-corrected chi connectivity index (χ1v) is 8.17. The van der Waals surface area contributed by atoms with Crippen LogP contribution in [-0.4, -0.2) is 12.6 Å². The van der Waals surface area contributed by atoms with E-state index < -0.39 is 5.41 Å². The Hall–Kier alpha value is -0.530. The monoisotopic (exact) mass is 282 g/mol. The quantitative estimate of drug-likeness (QED) is 0.662. The van der Waals surface area contributed by atoms with E-state index in [0.29, 0.717) is 12.5 Å². The molecule has 0 heterocycles. The summed E-state index contributed by atoms with van der Waals surface area (Å²) < 4.78 is 5.69. The number of hydrogen-bond donors (Lipinski definition) is 0. The summed E-state index contributed by atoms with van der Waals surface area (Å²) in [6.45, 7) is 15.6. The Morgan fingerprint density at radius 2 is 1.45 bits per heavy atom. The summed E-state index contributed by atoms with van der Waals surface area (Å²) in [4.78, 5) is 12.6. The van der Waals surface area contributed by atoms with Crippen molar-refractivity contribution in [1.29, 1.82) is 0 Å². The van der Waals surface area contributed by atoms with E-state index in [4.69, 9.17) is 4.74 Å². The lowest BCUT2D eigenvalue weighted by molar-refractivity contribution is -0.168. The highest BCUT2D eigenvalue weighted by molar-refractivity contribution is 5.77. The number of esters is 1. The molecule has 1 aliphatic rings. The average molecular weight is 282 g/mol. The van der Waals surface area contributed by atoms with Crippen LogP contribution in [0.25, 0.3) is 0 Å². The molecule has 2 heteroatoms. The molecule has 0 radical (unpaired) electrons. The van der Waals surface area contributed by atoms with Crippen LogP contribution in [0.2, 0.25) is 0 Å². The predicted octanol–water partition coefficient (Wildman–Crippen LogP) is 5.21. The van der Waals surface area contributed by atoms with Gasteiger partial charge in [-0.05, 0) is 43.4 Å². The lowest BCUT2D eigenvalue weighted by Crippen LogP contribution is -2.48. The SMILES string of the molecule is CC(C)(C)C(C)(C)C(C)(C)C(=O)OCC1CCCCC1. The second-order valence-electron chi connectivity index (χ2n) is 8.60. The summed E-state index contributed by atoms with van der Waals surface area (Å²) in [7, 11) is 0. The van der Waals surface area contributed by atoms with Gasteiger partial charge in [0.2, 0.25) is 0 Å². The molecule has 0 bridgehead atoms. The van der Waals surface area contributed by atoms with Crippen LogP contribution >= 0.6 is 0 Å². The Morgan fingerprint density at radius 3 is 1.90 bits per heavy atom. The molecule has 20 heavy (non-hydrogen) atoms. The lowest BCUT2D eigenvalue weighted by Gasteiger charge is -2.49. The van der Waals surface area contributed by atoms with Crippen molar-refractivity contribution in [2.75, 3.05) is 6.61 Å². The van der Waals surface area contributed by atoms with Crippen molar-refractivity contribution in [1.82, 2.24) is 0 Å². The number of rotatable bonds is 4. The zero-order valence-corrected chi connectivity index (χ0v) is 14.6. The normalized spacial score (nSPS) is 18.9. The van der Waals surface area contributed by atoms with Crippen molar-refractivity contribution < 1.29 is 9.53 Å². The Bertz CT molecular complexity index is 328. The maximum Gasteiger partial charge on any atom is 0.312 e. The fourth-order valence-electron chi connectivity index (χ4n) is 2.92. The van der Waals surface area contributed by atoms with Crippen LogP contribution in [0.1, 0.15) is 80.6 Å². The molecule has 0 unspecified atom stereocenters. The van der Waals surface area contributed by atoms with Gasteiger partial charge in [-0.15, -0.1) is 0 Å². The molecule has 118 valence electrons. The minimum Gasteiger partial charge on any atom is -0.465 e. The topological polar surface area (TPSA) is 26.3 Å². The molecule has 1 saturated carbocycles. The number of ether oxygens (including phenoxy) is 1. The second kappa shape index (κ2) is 6.07. The van der Waals surface area contributed by atoms with Crippen LogP contribution in [0, 0.1) is 22.2 Å². The van der Waals surface area contributed by atoms with Crippen LogP contribution < -0.4 is 0 Å². The summed E-state index contributed by atoms with van der Waals surface area (Å²) >= 11 is 0. The Labute approximate surface area is 125 Å². The summed E-state index contributed by atoms with van der Waals surface area (Å²) in [6.07, 6.45) is 6.36. The van der Waals surface area contributed by atoms with Gasteiger partial charge in [0.25, 0.3) is 0 Å². The molecule has 2 nitrogen and oxygen atoms in total. The molecule has 0 atom stereocenters. The van der Waals surface area contributed by atoms with Crippen LogP contribution in [0.3, 0.4) is 0 Å². The third kappa shape index (κ3) is 3.56. The van der Waals surface area contributed by atoms with Gasteiger partial charge in [0.1, 0.15) is 0 Å². The lowest BCUT2D eigenvalue weighted by atomic mass is 9.55. The molecule has 0 saturated heterocycles. The van der Waals surface area contributed by atoms with Gasteiger partial charge < -0.3 is 4.74 Å². The van der Waals surface area contributed by atoms with Crippen LogP contribution in [0.4, 0.5) is 0 Å². The van der Waals surface area contributed by atoms with Crippen LogP contribution in [0.5, 0.6) is 0 Å². The maximum atomic E-state index is 12.6. The maximum absolute atomic E-state index is 12.6. The average Bonchev–Trinajstić information content (AvgIpc) is 2.35. The van der Waals surface area contributed by atoms with E-state index in [1.807, 2.05) is 13.8 Å². The van der Waals surface area contributed by atoms with Gasteiger partial charge in [-0.25, -0.2) is 0 Å². The number of hydrogen-bond acceptors (Lipinski definition) is 2. The van der Waals surface area contributed by atoms with E-state index in [0.717, 1.165) is 0 Å². The molecule has 0 aliphatic heterocycles. The van der Waals surface area contributed by atoms with Gasteiger partial charge in [-0.3, -0.25) is 4.79 Å². The van der Waals surface area contributed by atoms with Gasteiger partial charge in [0.15, 0.2) is 0 Å². The number of carbonyl (C=O) groups excluding carboxylic acids is 1. The smallest absolute Gasteiger partial charge is 0.312 e. The van der Waals surface area contributed by atoms with E-state index in [-0.39, 0.29) is 16.8 Å². The molecule has 0 N–H and O–H groups in total. The van der Waals surface area contributed by atoms with Crippen molar-refractivity contribution in [2.24, 2.45) is 22.2 Å². The third-order valence-corrected chi connectivity index (χ3v) is 6.12. The molecule has 1 fully saturated rings. The van der Waals surface area contributed by atoms with E-state index >= 15 is 0 Å². The van der Waals surface area contributed by atoms with Gasteiger partial charge >= 0.3 is 5.97 Å². The van der Waals surface area contributed by atoms with E-state index in [2.05, 4.69) is 34.6 Å². The Balaban J connectivity index is 2.64. The molecule has 0 aromatic carbocycles. The zero-order valence-electron chi connectivity index (χ0n) is 14.6. The summed E-state index contributed by atoms with van der Waals surface area (Å²) in [5.41, 5.74) is -0.538. The molecule has 0 amide bonds. The third-order valence-electron chi connectivity index (χ3n) is 6.12. The van der Waals surface area contributed by atoms with E-state index in [9.17, 15) is 4.79 Å². The van der Waals surface area contributed by atoms with Gasteiger partial charge in [-0.2, -0.15) is 0 Å². The van der Waals surface area contributed by atoms with Gasteiger partial charge in [-0.1, -0.05) is 53.9 Å². The number of carbonyl (C=O) groups is 1. The minimum absolute atomic E-state index is 0.0389. The summed E-state index contributed by atoms with van der Waals surface area (Å²) in [6, 6.07) is 0. The first-order chi connectivity index (χ1) is 9.00. The van der Waals surface area contributed by atoms with Crippen molar-refractivity contribution in [3.05, 3.63) is 0 Å². The molecule has 0 spiro atoms. The predicted molar refractivity (Wildman–Crippen MR) is 84.6 cm³/mol. The standard InChI is InChI=1S/C18H34O2/c1-16(2,3)18(6,7)17(4,5)15(19)20-13-14-11-9-8-10-12-14/h14H,8-13H2,1-7H3. The highest BCUT2D eigenvalue weighted by Gasteiger charge is 2.50. The van der Waals surface area contributed by atoms with Crippen molar-refractivity contribution in [3.63, 3.8) is 0 Å². The van der Waals surface area contributed by atoms with E-state index in [1.54, 1.807) is 0 Å². The molecule has 0 aromatic heterocycles. The molecular weight excluding hydrogens is 248 g/mol. The van der Waals surface area contributed by atoms with Crippen LogP contribution in [-0.2, 0) is 9.53 Å². The highest BCUT2D eigenvalue weighted by Crippen LogP contribution is 2.51. The first kappa shape index (κ1) is 17.5. The Kier molecular flexibility index (Phi) is 5.32. The Morgan fingerprint density at radius 1 is 0.950 bits per heavy atom. The summed E-state index contributed by atoms with van der Waals surface area (Å²) in [5.74, 6) is 0.546. The second-order valence-corrected chi connectivity index (χ2v) is 8.60. The first-order valence-electron chi connectivity index (χ1n) is 8.17. The van der Waals surface area contributed by atoms with Gasteiger partial charge in [0, 0.05) is 0 Å².